The number of aromatic nitrogens is 6. The lowest BCUT2D eigenvalue weighted by Gasteiger charge is -2.17. The summed E-state index contributed by atoms with van der Waals surface area (Å²) in [5, 5.41) is 19.3. The van der Waals surface area contributed by atoms with Gasteiger partial charge in [-0.2, -0.15) is 10.2 Å². The van der Waals surface area contributed by atoms with Crippen molar-refractivity contribution in [2.24, 2.45) is 5.73 Å². The summed E-state index contributed by atoms with van der Waals surface area (Å²) < 4.78 is 0. The number of nitrogens with one attached hydrogen (secondary N) is 3. The zero-order valence-electron chi connectivity index (χ0n) is 18.8. The van der Waals surface area contributed by atoms with Gasteiger partial charge in [-0.1, -0.05) is 18.2 Å². The first-order chi connectivity index (χ1) is 16.6. The van der Waals surface area contributed by atoms with Gasteiger partial charge in [-0.3, -0.25) is 15.2 Å². The van der Waals surface area contributed by atoms with Gasteiger partial charge in [0.2, 0.25) is 0 Å². The SMILES string of the molecule is Cc1cccc(-c2[nH]ncc2-c2ccc3[nH]nc(Nc4cccc(N5CC[C@H](N)C5)n4)c3c2)n1. The minimum atomic E-state index is 0.204. The number of nitrogens with zero attached hydrogens (tertiary/aromatic N) is 5. The number of fused-ring (bicyclic) bond motifs is 1. The van der Waals surface area contributed by atoms with E-state index in [1.807, 2.05) is 55.6 Å². The van der Waals surface area contributed by atoms with E-state index in [1.54, 1.807) is 0 Å². The summed E-state index contributed by atoms with van der Waals surface area (Å²) >= 11 is 0. The summed E-state index contributed by atoms with van der Waals surface area (Å²) in [6, 6.07) is 18.3. The lowest BCUT2D eigenvalue weighted by Crippen LogP contribution is -2.26. The summed E-state index contributed by atoms with van der Waals surface area (Å²) in [6.45, 7) is 3.74. The minimum absolute atomic E-state index is 0.204. The molecule has 0 aliphatic carbocycles. The molecule has 0 unspecified atom stereocenters. The second-order valence-electron chi connectivity index (χ2n) is 8.66. The van der Waals surface area contributed by atoms with Crippen LogP contribution in [0.15, 0.2) is 60.8 Å². The molecule has 5 heterocycles. The number of nitrogens with two attached hydrogens (primary N) is 1. The molecule has 1 atom stereocenters. The molecule has 5 N–H and O–H groups in total. The van der Waals surface area contributed by atoms with E-state index >= 15 is 0 Å². The molecule has 9 heteroatoms. The molecule has 0 bridgehead atoms. The van der Waals surface area contributed by atoms with Crippen LogP contribution in [0.4, 0.5) is 17.5 Å². The van der Waals surface area contributed by atoms with E-state index in [1.165, 1.54) is 0 Å². The third-order valence-corrected chi connectivity index (χ3v) is 6.19. The van der Waals surface area contributed by atoms with Gasteiger partial charge in [0.15, 0.2) is 5.82 Å². The van der Waals surface area contributed by atoms with Gasteiger partial charge in [-0.15, -0.1) is 0 Å². The lowest BCUT2D eigenvalue weighted by molar-refractivity contribution is 0.751. The van der Waals surface area contributed by atoms with Crippen molar-refractivity contribution in [3.05, 3.63) is 66.5 Å². The topological polar surface area (TPSA) is 124 Å². The Morgan fingerprint density at radius 1 is 1.06 bits per heavy atom. The van der Waals surface area contributed by atoms with Crippen LogP contribution in [0, 0.1) is 6.92 Å². The van der Waals surface area contributed by atoms with Gasteiger partial charge in [0.1, 0.15) is 11.6 Å². The summed E-state index contributed by atoms with van der Waals surface area (Å²) in [5.74, 6) is 2.38. The second-order valence-corrected chi connectivity index (χ2v) is 8.66. The Hall–Kier alpha value is -4.24. The molecule has 4 aromatic heterocycles. The highest BCUT2D eigenvalue weighted by atomic mass is 15.2. The molecular weight excluding hydrogens is 426 g/mol. The molecule has 1 fully saturated rings. The van der Waals surface area contributed by atoms with Gasteiger partial charge >= 0.3 is 0 Å². The van der Waals surface area contributed by atoms with Crippen molar-refractivity contribution in [3.8, 4) is 22.5 Å². The Morgan fingerprint density at radius 3 is 2.82 bits per heavy atom. The van der Waals surface area contributed by atoms with E-state index in [0.29, 0.717) is 0 Å². The Bertz CT molecular complexity index is 1470. The predicted octanol–water partition coefficient (Wildman–Crippen LogP) is 4.00. The van der Waals surface area contributed by atoms with E-state index in [4.69, 9.17) is 10.7 Å². The molecule has 0 radical (unpaired) electrons. The Morgan fingerprint density at radius 2 is 1.97 bits per heavy atom. The molecule has 5 aromatic rings. The van der Waals surface area contributed by atoms with Crippen LogP contribution >= 0.6 is 0 Å². The Kier molecular flexibility index (Phi) is 4.96. The smallest absolute Gasteiger partial charge is 0.161 e. The Balaban J connectivity index is 1.33. The van der Waals surface area contributed by atoms with Gasteiger partial charge < -0.3 is 16.0 Å². The van der Waals surface area contributed by atoms with Crippen LogP contribution in [0.5, 0.6) is 0 Å². The monoisotopic (exact) mass is 451 g/mol. The van der Waals surface area contributed by atoms with Crippen molar-refractivity contribution in [1.82, 2.24) is 30.4 Å². The normalized spacial score (nSPS) is 15.8. The van der Waals surface area contributed by atoms with Gasteiger partial charge in [0.05, 0.1) is 23.1 Å². The number of H-pyrrole nitrogens is 2. The molecule has 1 aromatic carbocycles. The third kappa shape index (κ3) is 3.75. The molecule has 170 valence electrons. The molecule has 1 aliphatic rings. The minimum Gasteiger partial charge on any atom is -0.355 e. The highest BCUT2D eigenvalue weighted by Gasteiger charge is 2.20. The van der Waals surface area contributed by atoms with Crippen molar-refractivity contribution in [3.63, 3.8) is 0 Å². The molecule has 0 saturated carbocycles. The molecule has 6 rings (SSSR count). The molecule has 0 amide bonds. The molecule has 0 spiro atoms. The lowest BCUT2D eigenvalue weighted by atomic mass is 10.0. The van der Waals surface area contributed by atoms with Crippen LogP contribution in [0.3, 0.4) is 0 Å². The summed E-state index contributed by atoms with van der Waals surface area (Å²) in [7, 11) is 0. The first-order valence-corrected chi connectivity index (χ1v) is 11.3. The van der Waals surface area contributed by atoms with E-state index < -0.39 is 0 Å². The second kappa shape index (κ2) is 8.27. The predicted molar refractivity (Wildman–Crippen MR) is 134 cm³/mol. The summed E-state index contributed by atoms with van der Waals surface area (Å²) in [6.07, 6.45) is 2.82. The highest BCUT2D eigenvalue weighted by molar-refractivity contribution is 5.95. The fourth-order valence-electron chi connectivity index (χ4n) is 4.45. The van der Waals surface area contributed by atoms with Gasteiger partial charge in [0, 0.05) is 35.8 Å². The molecule has 34 heavy (non-hydrogen) atoms. The first kappa shape index (κ1) is 20.4. The van der Waals surface area contributed by atoms with Crippen LogP contribution in [0.2, 0.25) is 0 Å². The number of rotatable bonds is 5. The van der Waals surface area contributed by atoms with E-state index in [-0.39, 0.29) is 6.04 Å². The van der Waals surface area contributed by atoms with Crippen molar-refractivity contribution < 1.29 is 0 Å². The van der Waals surface area contributed by atoms with Crippen LogP contribution < -0.4 is 16.0 Å². The van der Waals surface area contributed by atoms with Crippen molar-refractivity contribution in [2.75, 3.05) is 23.3 Å². The van der Waals surface area contributed by atoms with Gasteiger partial charge in [0.25, 0.3) is 0 Å². The molecule has 1 saturated heterocycles. The van der Waals surface area contributed by atoms with Crippen LogP contribution in [-0.2, 0) is 0 Å². The number of hydrogen-bond donors (Lipinski definition) is 4. The molecule has 1 aliphatic heterocycles. The molecular formula is C25H25N9. The maximum atomic E-state index is 6.07. The average molecular weight is 452 g/mol. The largest absolute Gasteiger partial charge is 0.355 e. The maximum absolute atomic E-state index is 6.07. The van der Waals surface area contributed by atoms with E-state index in [2.05, 4.69) is 47.7 Å². The molecule has 9 nitrogen and oxygen atoms in total. The quantitative estimate of drug-likeness (QED) is 0.318. The maximum Gasteiger partial charge on any atom is 0.161 e. The van der Waals surface area contributed by atoms with E-state index in [0.717, 1.165) is 76.1 Å². The fraction of sp³-hybridized carbons (Fsp3) is 0.200. The summed E-state index contributed by atoms with van der Waals surface area (Å²) in [5.41, 5.74) is 11.7. The average Bonchev–Trinajstić information content (AvgIpc) is 3.59. The standard InChI is InChI=1S/C25H25N9/c1-15-4-2-5-21(28-15)24-19(13-27-32-24)16-8-9-20-18(12-16)25(33-31-20)30-22-6-3-7-23(29-22)34-11-10-17(26)14-34/h2-9,12-13,17H,10-11,14,26H2,1H3,(H,27,32)(H2,29,30,31,33)/t17-/m0/s1. The zero-order chi connectivity index (χ0) is 23.1. The van der Waals surface area contributed by atoms with Gasteiger partial charge in [-0.05, 0) is 55.3 Å². The van der Waals surface area contributed by atoms with Crippen LogP contribution in [-0.4, -0.2) is 49.5 Å². The van der Waals surface area contributed by atoms with Crippen molar-refractivity contribution in [1.29, 1.82) is 0 Å². The van der Waals surface area contributed by atoms with Crippen LogP contribution in [0.1, 0.15) is 12.1 Å². The highest BCUT2D eigenvalue weighted by Crippen LogP contribution is 2.33. The number of benzene rings is 1. The van der Waals surface area contributed by atoms with Crippen LogP contribution in [0.25, 0.3) is 33.4 Å². The van der Waals surface area contributed by atoms with Crippen molar-refractivity contribution in [2.45, 2.75) is 19.4 Å². The zero-order valence-corrected chi connectivity index (χ0v) is 18.8. The first-order valence-electron chi connectivity index (χ1n) is 11.3. The number of hydrogen-bond acceptors (Lipinski definition) is 7. The number of aromatic amines is 2. The number of pyridine rings is 2. The Labute approximate surface area is 196 Å². The fourth-order valence-corrected chi connectivity index (χ4v) is 4.45. The van der Waals surface area contributed by atoms with E-state index in [9.17, 15) is 0 Å². The number of aryl methyl sites for hydroxylation is 1. The summed E-state index contributed by atoms with van der Waals surface area (Å²) in [4.78, 5) is 11.7. The third-order valence-electron chi connectivity index (χ3n) is 6.19. The van der Waals surface area contributed by atoms with Gasteiger partial charge in [-0.25, -0.2) is 4.98 Å². The van der Waals surface area contributed by atoms with Crippen molar-refractivity contribution >= 4 is 28.4 Å². The number of anilines is 3.